The number of unbranched alkanes of at least 4 members (excludes halogenated alkanes) is 22. The highest BCUT2D eigenvalue weighted by atomic mass is 16.2. The number of likely N-dealkylation sites (N-methyl/N-ethyl adjacent to an activating group) is 2. The second kappa shape index (κ2) is 33.0. The van der Waals surface area contributed by atoms with E-state index >= 15 is 0 Å². The molecule has 0 aromatic carbocycles. The molecule has 56 heavy (non-hydrogen) atoms. The lowest BCUT2D eigenvalue weighted by molar-refractivity contribution is -0.909. The molecule has 2 rings (SSSR count). The average Bonchev–Trinajstić information content (AvgIpc) is 3.20. The van der Waals surface area contributed by atoms with Gasteiger partial charge in [-0.3, -0.25) is 9.59 Å². The number of hydrogen-bond donors (Lipinski definition) is 0. The van der Waals surface area contributed by atoms with E-state index in [1.165, 1.54) is 154 Å². The van der Waals surface area contributed by atoms with Crippen LogP contribution in [0.25, 0.3) is 0 Å². The van der Waals surface area contributed by atoms with Crippen LogP contribution >= 0.6 is 0 Å². The summed E-state index contributed by atoms with van der Waals surface area (Å²) >= 11 is 0. The molecule has 2 saturated heterocycles. The third-order valence-corrected chi connectivity index (χ3v) is 12.9. The molecular formula is C50H94N4O2+2. The van der Waals surface area contributed by atoms with Gasteiger partial charge in [0.1, 0.15) is 0 Å². The Labute approximate surface area is 348 Å². The maximum absolute atomic E-state index is 12.9. The number of piperazine rings is 2. The van der Waals surface area contributed by atoms with Gasteiger partial charge in [0.2, 0.25) is 11.8 Å². The molecule has 0 radical (unpaired) electrons. The number of carbonyl (C=O) groups excluding carboxylic acids is 2. The summed E-state index contributed by atoms with van der Waals surface area (Å²) in [7, 11) is 4.71. The SMILES string of the molecule is CCCCCCCC/C=C\CCCCCCCC(=O)N1CC[N+](C)(C/C=C/C[N+]2(C)CCN(C(=O)CCCCCCC/C=C/CCCCCCCC)CC2)CC1. The summed E-state index contributed by atoms with van der Waals surface area (Å²) < 4.78 is 2.05. The zero-order valence-electron chi connectivity index (χ0n) is 37.9. The molecule has 2 aliphatic heterocycles. The summed E-state index contributed by atoms with van der Waals surface area (Å²) in [4.78, 5) is 30.1. The minimum atomic E-state index is 0.368. The standard InChI is InChI=1S/C50H94N4O2/c1-5-7-9-11-13-15-17-19-21-23-25-27-29-31-33-37-49(55)51-39-45-53(3,46-40-51)43-35-36-44-54(4)47-41-52(42-48-54)50(56)38-34-32-30-28-26-24-22-20-18-16-14-12-10-8-6-2/h19-22,35-36H,5-18,23-34,37-48H2,1-4H3/q+2/b21-19-,22-20+,36-35+. The highest BCUT2D eigenvalue weighted by Crippen LogP contribution is 2.17. The largest absolute Gasteiger partial charge is 0.331 e. The molecule has 2 amide bonds. The van der Waals surface area contributed by atoms with Crippen molar-refractivity contribution < 1.29 is 18.6 Å². The first-order valence-corrected chi connectivity index (χ1v) is 24.5. The van der Waals surface area contributed by atoms with E-state index in [4.69, 9.17) is 0 Å². The van der Waals surface area contributed by atoms with E-state index < -0.39 is 0 Å². The second-order valence-electron chi connectivity index (χ2n) is 18.4. The van der Waals surface area contributed by atoms with E-state index in [1.807, 2.05) is 0 Å². The summed E-state index contributed by atoms with van der Waals surface area (Å²) in [6.45, 7) is 14.4. The van der Waals surface area contributed by atoms with Crippen molar-refractivity contribution in [2.45, 2.75) is 194 Å². The third kappa shape index (κ3) is 25.4. The van der Waals surface area contributed by atoms with Gasteiger partial charge in [-0.2, -0.15) is 0 Å². The fraction of sp³-hybridized carbons (Fsp3) is 0.840. The summed E-state index contributed by atoms with van der Waals surface area (Å²) in [6.07, 6.45) is 49.4. The van der Waals surface area contributed by atoms with Crippen molar-refractivity contribution in [3.8, 4) is 0 Å². The van der Waals surface area contributed by atoms with Gasteiger partial charge in [0.15, 0.2) is 0 Å². The number of amides is 2. The van der Waals surface area contributed by atoms with Gasteiger partial charge in [-0.15, -0.1) is 0 Å². The summed E-state index contributed by atoms with van der Waals surface area (Å²) in [5.74, 6) is 0.735. The van der Waals surface area contributed by atoms with Gasteiger partial charge < -0.3 is 18.8 Å². The smallest absolute Gasteiger partial charge is 0.222 e. The minimum Gasteiger partial charge on any atom is -0.331 e. The number of nitrogens with zero attached hydrogens (tertiary/aromatic N) is 4. The first-order valence-electron chi connectivity index (χ1n) is 24.5. The van der Waals surface area contributed by atoms with Gasteiger partial charge in [0.05, 0.1) is 79.5 Å². The molecule has 0 aliphatic carbocycles. The van der Waals surface area contributed by atoms with Crippen LogP contribution in [-0.2, 0) is 9.59 Å². The van der Waals surface area contributed by atoms with Crippen LogP contribution in [0.3, 0.4) is 0 Å². The molecule has 0 spiro atoms. The number of quaternary nitrogens is 2. The van der Waals surface area contributed by atoms with Crippen molar-refractivity contribution in [1.29, 1.82) is 0 Å². The van der Waals surface area contributed by atoms with Crippen LogP contribution in [0.1, 0.15) is 194 Å². The predicted octanol–water partition coefficient (Wildman–Crippen LogP) is 12.2. The normalized spacial score (nSPS) is 17.2. The topological polar surface area (TPSA) is 40.6 Å². The van der Waals surface area contributed by atoms with E-state index in [2.05, 4.69) is 74.2 Å². The lowest BCUT2D eigenvalue weighted by atomic mass is 10.1. The highest BCUT2D eigenvalue weighted by molar-refractivity contribution is 5.76. The zero-order valence-corrected chi connectivity index (χ0v) is 37.9. The lowest BCUT2D eigenvalue weighted by Gasteiger charge is -2.42. The molecule has 0 bridgehead atoms. The highest BCUT2D eigenvalue weighted by Gasteiger charge is 2.31. The van der Waals surface area contributed by atoms with E-state index in [-0.39, 0.29) is 0 Å². The third-order valence-electron chi connectivity index (χ3n) is 12.9. The van der Waals surface area contributed by atoms with Gasteiger partial charge in [0, 0.05) is 12.8 Å². The van der Waals surface area contributed by atoms with E-state index in [0.717, 1.165) is 100 Å². The predicted molar refractivity (Wildman–Crippen MR) is 243 cm³/mol. The molecule has 0 aromatic rings. The summed E-state index contributed by atoms with van der Waals surface area (Å²) in [6, 6.07) is 0. The Hall–Kier alpha value is -1.92. The van der Waals surface area contributed by atoms with Gasteiger partial charge in [0.25, 0.3) is 0 Å². The Morgan fingerprint density at radius 1 is 0.393 bits per heavy atom. The molecule has 0 atom stereocenters. The quantitative estimate of drug-likeness (QED) is 0.0371. The maximum atomic E-state index is 12.9. The lowest BCUT2D eigenvalue weighted by Crippen LogP contribution is -2.59. The Morgan fingerprint density at radius 2 is 0.661 bits per heavy atom. The Morgan fingerprint density at radius 3 is 0.964 bits per heavy atom. The Kier molecular flexibility index (Phi) is 29.6. The van der Waals surface area contributed by atoms with Gasteiger partial charge in [-0.1, -0.05) is 141 Å². The molecule has 2 heterocycles. The van der Waals surface area contributed by atoms with Crippen LogP contribution < -0.4 is 0 Å². The van der Waals surface area contributed by atoms with Crippen LogP contribution in [0.5, 0.6) is 0 Å². The Balaban J connectivity index is 1.44. The van der Waals surface area contributed by atoms with Gasteiger partial charge >= 0.3 is 0 Å². The van der Waals surface area contributed by atoms with Crippen molar-refractivity contribution in [1.82, 2.24) is 9.80 Å². The van der Waals surface area contributed by atoms with Gasteiger partial charge in [-0.05, 0) is 76.4 Å². The number of allylic oxidation sites excluding steroid dienone is 4. The van der Waals surface area contributed by atoms with Crippen molar-refractivity contribution in [2.24, 2.45) is 0 Å². The van der Waals surface area contributed by atoms with E-state index in [1.54, 1.807) is 0 Å². The zero-order chi connectivity index (χ0) is 40.4. The molecule has 0 N–H and O–H groups in total. The van der Waals surface area contributed by atoms with Gasteiger partial charge in [-0.25, -0.2) is 0 Å². The minimum absolute atomic E-state index is 0.368. The molecule has 2 fully saturated rings. The number of carbonyl (C=O) groups is 2. The van der Waals surface area contributed by atoms with Crippen LogP contribution in [-0.4, -0.2) is 110 Å². The number of hydrogen-bond acceptors (Lipinski definition) is 2. The molecule has 0 aromatic heterocycles. The molecule has 324 valence electrons. The number of rotatable bonds is 34. The first-order chi connectivity index (χ1) is 27.3. The Bertz CT molecular complexity index is 969. The molecule has 6 nitrogen and oxygen atoms in total. The first kappa shape index (κ1) is 50.2. The van der Waals surface area contributed by atoms with Crippen molar-refractivity contribution in [3.63, 3.8) is 0 Å². The molecule has 2 aliphatic rings. The van der Waals surface area contributed by atoms with Crippen LogP contribution in [0.15, 0.2) is 36.5 Å². The van der Waals surface area contributed by atoms with E-state index in [9.17, 15) is 9.59 Å². The van der Waals surface area contributed by atoms with Crippen LogP contribution in [0, 0.1) is 0 Å². The molecular weight excluding hydrogens is 689 g/mol. The molecule has 0 saturated carbocycles. The van der Waals surface area contributed by atoms with Crippen molar-refractivity contribution >= 4 is 11.8 Å². The van der Waals surface area contributed by atoms with Crippen LogP contribution in [0.2, 0.25) is 0 Å². The monoisotopic (exact) mass is 783 g/mol. The molecule has 6 heteroatoms. The van der Waals surface area contributed by atoms with E-state index in [0.29, 0.717) is 11.8 Å². The summed E-state index contributed by atoms with van der Waals surface area (Å²) in [5.41, 5.74) is 0. The fourth-order valence-corrected chi connectivity index (χ4v) is 8.43. The fourth-order valence-electron chi connectivity index (χ4n) is 8.43. The average molecular weight is 783 g/mol. The van der Waals surface area contributed by atoms with Crippen LogP contribution in [0.4, 0.5) is 0 Å². The second-order valence-corrected chi connectivity index (χ2v) is 18.4. The maximum Gasteiger partial charge on any atom is 0.222 e. The summed E-state index contributed by atoms with van der Waals surface area (Å²) in [5, 5.41) is 0. The van der Waals surface area contributed by atoms with Crippen molar-refractivity contribution in [3.05, 3.63) is 36.5 Å². The molecule has 0 unspecified atom stereocenters. The van der Waals surface area contributed by atoms with Crippen molar-refractivity contribution in [2.75, 3.05) is 79.5 Å².